The maximum absolute atomic E-state index is 12.2. The third-order valence-corrected chi connectivity index (χ3v) is 5.01. The van der Waals surface area contributed by atoms with Crippen molar-refractivity contribution in [1.82, 2.24) is 15.2 Å². The second-order valence-electron chi connectivity index (χ2n) is 3.89. The molecule has 0 saturated carbocycles. The summed E-state index contributed by atoms with van der Waals surface area (Å²) >= 11 is 0.804. The van der Waals surface area contributed by atoms with Crippen LogP contribution in [-0.2, 0) is 10.0 Å². The van der Waals surface area contributed by atoms with Gasteiger partial charge in [-0.2, -0.15) is 8.42 Å². The molecule has 0 aliphatic rings. The Kier molecular flexibility index (Phi) is 2.99. The third kappa shape index (κ3) is 2.28. The molecule has 0 radical (unpaired) electrons. The number of hydrogen-bond acceptors (Lipinski definition) is 7. The number of nitrogens with zero attached hydrogens (tertiary/aromatic N) is 3. The summed E-state index contributed by atoms with van der Waals surface area (Å²) in [5.74, 6) is 0. The normalized spacial score (nSPS) is 11.6. The van der Waals surface area contributed by atoms with E-state index in [2.05, 4.69) is 19.9 Å². The highest BCUT2D eigenvalue weighted by atomic mass is 32.2. The minimum atomic E-state index is -3.81. The molecule has 1 aromatic carbocycles. The van der Waals surface area contributed by atoms with Gasteiger partial charge in [-0.3, -0.25) is 9.71 Å². The summed E-state index contributed by atoms with van der Waals surface area (Å²) in [5.41, 5.74) is 6.35. The van der Waals surface area contributed by atoms with Gasteiger partial charge in [0.25, 0.3) is 14.4 Å². The average Bonchev–Trinajstić information content (AvgIpc) is 2.86. The third-order valence-electron chi connectivity index (χ3n) is 2.53. The van der Waals surface area contributed by atoms with E-state index >= 15 is 0 Å². The highest BCUT2D eigenvalue weighted by molar-refractivity contribution is 7.94. The first-order valence-corrected chi connectivity index (χ1v) is 7.82. The summed E-state index contributed by atoms with van der Waals surface area (Å²) in [4.78, 5) is 4.18. The summed E-state index contributed by atoms with van der Waals surface area (Å²) in [5, 5.41) is 7.97. The molecule has 0 saturated heterocycles. The lowest BCUT2D eigenvalue weighted by atomic mass is 10.2. The molecule has 0 aliphatic heterocycles. The van der Waals surface area contributed by atoms with Crippen LogP contribution in [0.4, 0.5) is 10.8 Å². The van der Waals surface area contributed by atoms with E-state index in [4.69, 9.17) is 5.73 Å². The number of nitrogens with two attached hydrogens (primary N) is 1. The van der Waals surface area contributed by atoms with Gasteiger partial charge in [0.1, 0.15) is 0 Å². The number of fused-ring (bicyclic) bond motifs is 1. The maximum atomic E-state index is 12.2. The molecular formula is C11H9N5O2S2. The van der Waals surface area contributed by atoms with E-state index in [1.807, 2.05) is 12.1 Å². The number of para-hydroxylation sites is 1. The van der Waals surface area contributed by atoms with Gasteiger partial charge in [-0.05, 0) is 12.1 Å². The van der Waals surface area contributed by atoms with E-state index in [9.17, 15) is 8.42 Å². The fourth-order valence-corrected chi connectivity index (χ4v) is 3.56. The maximum Gasteiger partial charge on any atom is 0.291 e. The molecule has 102 valence electrons. The molecule has 3 N–H and O–H groups in total. The summed E-state index contributed by atoms with van der Waals surface area (Å²) in [6, 6.07) is 8.87. The van der Waals surface area contributed by atoms with Crippen molar-refractivity contribution in [1.29, 1.82) is 0 Å². The summed E-state index contributed by atoms with van der Waals surface area (Å²) in [7, 11) is -3.81. The predicted molar refractivity (Wildman–Crippen MR) is 76.9 cm³/mol. The van der Waals surface area contributed by atoms with Gasteiger partial charge in [0.15, 0.2) is 0 Å². The number of nitrogens with one attached hydrogen (secondary N) is 1. The molecule has 3 aromatic rings. The van der Waals surface area contributed by atoms with Crippen LogP contribution in [0, 0.1) is 0 Å². The minimum Gasteiger partial charge on any atom is -0.374 e. The van der Waals surface area contributed by atoms with Gasteiger partial charge >= 0.3 is 0 Å². The Morgan fingerprint density at radius 3 is 2.70 bits per heavy atom. The zero-order chi connectivity index (χ0) is 14.2. The van der Waals surface area contributed by atoms with E-state index in [0.29, 0.717) is 11.2 Å². The first-order chi connectivity index (χ1) is 9.56. The fourth-order valence-electron chi connectivity index (χ4n) is 1.70. The van der Waals surface area contributed by atoms with E-state index in [0.717, 1.165) is 16.7 Å². The number of hydrogen-bond donors (Lipinski definition) is 2. The van der Waals surface area contributed by atoms with Crippen LogP contribution >= 0.6 is 11.3 Å². The van der Waals surface area contributed by atoms with Gasteiger partial charge in [-0.25, -0.2) is 0 Å². The molecule has 7 nitrogen and oxygen atoms in total. The van der Waals surface area contributed by atoms with Crippen LogP contribution in [-0.4, -0.2) is 23.6 Å². The summed E-state index contributed by atoms with van der Waals surface area (Å²) in [6.45, 7) is 0. The van der Waals surface area contributed by atoms with E-state index in [1.54, 1.807) is 24.4 Å². The van der Waals surface area contributed by atoms with E-state index < -0.39 is 10.0 Å². The van der Waals surface area contributed by atoms with Crippen LogP contribution in [0.5, 0.6) is 0 Å². The highest BCUT2D eigenvalue weighted by Gasteiger charge is 2.20. The second-order valence-corrected chi connectivity index (χ2v) is 6.76. The van der Waals surface area contributed by atoms with Crippen molar-refractivity contribution in [2.24, 2.45) is 0 Å². The van der Waals surface area contributed by atoms with Crippen LogP contribution < -0.4 is 10.5 Å². The lowest BCUT2D eigenvalue weighted by Crippen LogP contribution is -2.13. The molecule has 20 heavy (non-hydrogen) atoms. The molecule has 2 heterocycles. The lowest BCUT2D eigenvalue weighted by molar-refractivity contribution is 0.599. The molecular weight excluding hydrogens is 298 g/mol. The van der Waals surface area contributed by atoms with Crippen LogP contribution in [0.1, 0.15) is 0 Å². The van der Waals surface area contributed by atoms with Crippen LogP contribution in [0.15, 0.2) is 40.9 Å². The van der Waals surface area contributed by atoms with Crippen molar-refractivity contribution in [2.75, 3.05) is 10.5 Å². The van der Waals surface area contributed by atoms with Gasteiger partial charge in [-0.1, -0.05) is 29.5 Å². The van der Waals surface area contributed by atoms with Crippen molar-refractivity contribution >= 4 is 43.1 Å². The topological polar surface area (TPSA) is 111 Å². The Hall–Kier alpha value is -2.26. The van der Waals surface area contributed by atoms with Crippen molar-refractivity contribution in [3.63, 3.8) is 0 Å². The fraction of sp³-hybridized carbons (Fsp3) is 0. The number of nitrogen functional groups attached to an aromatic ring is 1. The Bertz CT molecular complexity index is 870. The quantitative estimate of drug-likeness (QED) is 0.758. The molecule has 0 atom stereocenters. The summed E-state index contributed by atoms with van der Waals surface area (Å²) < 4.78 is 26.6. The number of anilines is 2. The molecule has 3 rings (SSSR count). The van der Waals surface area contributed by atoms with Crippen molar-refractivity contribution in [3.05, 3.63) is 36.5 Å². The molecule has 2 aromatic heterocycles. The largest absolute Gasteiger partial charge is 0.374 e. The first kappa shape index (κ1) is 12.8. The number of rotatable bonds is 3. The van der Waals surface area contributed by atoms with E-state index in [1.165, 1.54) is 0 Å². The Morgan fingerprint density at radius 1 is 1.15 bits per heavy atom. The molecule has 0 amide bonds. The predicted octanol–water partition coefficient (Wildman–Crippen LogP) is 1.47. The molecule has 0 bridgehead atoms. The van der Waals surface area contributed by atoms with Crippen LogP contribution in [0.2, 0.25) is 0 Å². The van der Waals surface area contributed by atoms with Gasteiger partial charge in [0.2, 0.25) is 5.13 Å². The number of pyridine rings is 1. The van der Waals surface area contributed by atoms with Crippen LogP contribution in [0.3, 0.4) is 0 Å². The van der Waals surface area contributed by atoms with Crippen molar-refractivity contribution in [3.8, 4) is 0 Å². The van der Waals surface area contributed by atoms with Gasteiger partial charge in [0.05, 0.1) is 11.2 Å². The van der Waals surface area contributed by atoms with Gasteiger partial charge in [-0.15, -0.1) is 10.2 Å². The van der Waals surface area contributed by atoms with Crippen LogP contribution in [0.25, 0.3) is 10.9 Å². The minimum absolute atomic E-state index is 0.0985. The lowest BCUT2D eigenvalue weighted by Gasteiger charge is -2.07. The van der Waals surface area contributed by atoms with E-state index in [-0.39, 0.29) is 9.47 Å². The zero-order valence-electron chi connectivity index (χ0n) is 10.0. The molecule has 9 heteroatoms. The number of aromatic nitrogens is 3. The Morgan fingerprint density at radius 2 is 1.95 bits per heavy atom. The Labute approximate surface area is 118 Å². The van der Waals surface area contributed by atoms with Crippen molar-refractivity contribution < 1.29 is 8.42 Å². The zero-order valence-corrected chi connectivity index (χ0v) is 11.6. The average molecular weight is 307 g/mol. The second kappa shape index (κ2) is 4.69. The molecule has 0 fully saturated rings. The SMILES string of the molecule is Nc1nnc(S(=O)(=O)Nc2cccc3cccnc23)s1. The standard InChI is InChI=1S/C11H9N5O2S2/c12-10-14-15-11(19-10)20(17,18)16-8-5-1-3-7-4-2-6-13-9(7)8/h1-6,16H,(H2,12,14). The molecule has 0 unspecified atom stereocenters. The first-order valence-electron chi connectivity index (χ1n) is 5.52. The Balaban J connectivity index is 2.05. The van der Waals surface area contributed by atoms with Gasteiger partial charge in [0, 0.05) is 11.6 Å². The number of benzene rings is 1. The van der Waals surface area contributed by atoms with Gasteiger partial charge < -0.3 is 5.73 Å². The molecule has 0 aliphatic carbocycles. The highest BCUT2D eigenvalue weighted by Crippen LogP contribution is 2.25. The summed E-state index contributed by atoms with van der Waals surface area (Å²) in [6.07, 6.45) is 1.60. The van der Waals surface area contributed by atoms with Crippen molar-refractivity contribution in [2.45, 2.75) is 4.34 Å². The molecule has 0 spiro atoms. The smallest absolute Gasteiger partial charge is 0.291 e. The monoisotopic (exact) mass is 307 g/mol. The number of sulfonamides is 1.